The molecule has 4 heteroatoms. The zero-order chi connectivity index (χ0) is 11.4. The van der Waals surface area contributed by atoms with Gasteiger partial charge in [0.05, 0.1) is 10.4 Å². The number of aliphatic hydroxyl groups excluding tert-OH is 1. The number of nitrogens with zero attached hydrogens (tertiary/aromatic N) is 1. The van der Waals surface area contributed by atoms with Gasteiger partial charge in [0.1, 0.15) is 0 Å². The van der Waals surface area contributed by atoms with Gasteiger partial charge in [-0.15, -0.1) is 11.3 Å². The standard InChI is InChI=1S/C12H12ClNOS/c13-12-4-3-11(16-12)7-10(15)6-9-2-1-5-14-8-9/h1-5,8,10,15H,6-7H2. The molecule has 0 amide bonds. The van der Waals surface area contributed by atoms with Crippen LogP contribution in [0.15, 0.2) is 36.7 Å². The molecule has 0 aliphatic heterocycles. The van der Waals surface area contributed by atoms with Crippen molar-refractivity contribution in [2.75, 3.05) is 0 Å². The Bertz CT molecular complexity index is 443. The van der Waals surface area contributed by atoms with Crippen LogP contribution >= 0.6 is 22.9 Å². The molecule has 0 bridgehead atoms. The molecule has 0 aliphatic carbocycles. The molecule has 2 nitrogen and oxygen atoms in total. The summed E-state index contributed by atoms with van der Waals surface area (Å²) in [6.07, 6.45) is 4.41. The first kappa shape index (κ1) is 11.6. The Hall–Kier alpha value is -0.900. The third-order valence-electron chi connectivity index (χ3n) is 2.26. The molecule has 16 heavy (non-hydrogen) atoms. The smallest absolute Gasteiger partial charge is 0.0931 e. The van der Waals surface area contributed by atoms with Crippen LogP contribution in [0.2, 0.25) is 4.34 Å². The molecule has 0 saturated carbocycles. The molecule has 2 rings (SSSR count). The van der Waals surface area contributed by atoms with Crippen LogP contribution < -0.4 is 0 Å². The molecule has 1 N–H and O–H groups in total. The van der Waals surface area contributed by atoms with Crippen molar-refractivity contribution in [2.24, 2.45) is 0 Å². The molecule has 1 unspecified atom stereocenters. The van der Waals surface area contributed by atoms with Gasteiger partial charge in [-0.25, -0.2) is 0 Å². The summed E-state index contributed by atoms with van der Waals surface area (Å²) in [5, 5.41) is 9.90. The second-order valence-electron chi connectivity index (χ2n) is 3.63. The second kappa shape index (κ2) is 5.43. The fraction of sp³-hybridized carbons (Fsp3) is 0.250. The Morgan fingerprint density at radius 2 is 2.19 bits per heavy atom. The van der Waals surface area contributed by atoms with Gasteiger partial charge in [-0.3, -0.25) is 4.98 Å². The summed E-state index contributed by atoms with van der Waals surface area (Å²) in [6.45, 7) is 0. The third kappa shape index (κ3) is 3.30. The molecule has 2 aromatic heterocycles. The van der Waals surface area contributed by atoms with Gasteiger partial charge in [-0.2, -0.15) is 0 Å². The van der Waals surface area contributed by atoms with Gasteiger partial charge in [-0.1, -0.05) is 17.7 Å². The quantitative estimate of drug-likeness (QED) is 0.909. The number of rotatable bonds is 4. The van der Waals surface area contributed by atoms with Crippen LogP contribution in [0.4, 0.5) is 0 Å². The predicted molar refractivity (Wildman–Crippen MR) is 67.0 cm³/mol. The Labute approximate surface area is 104 Å². The van der Waals surface area contributed by atoms with Crippen molar-refractivity contribution in [1.29, 1.82) is 0 Å². The number of halogens is 1. The van der Waals surface area contributed by atoms with E-state index in [2.05, 4.69) is 4.98 Å². The lowest BCUT2D eigenvalue weighted by molar-refractivity contribution is 0.176. The molecular weight excluding hydrogens is 242 g/mol. The fourth-order valence-corrected chi connectivity index (χ4v) is 2.72. The van der Waals surface area contributed by atoms with E-state index in [-0.39, 0.29) is 6.10 Å². The molecular formula is C12H12ClNOS. The van der Waals surface area contributed by atoms with Crippen LogP contribution in [0.3, 0.4) is 0 Å². The summed E-state index contributed by atoms with van der Waals surface area (Å²) in [6, 6.07) is 7.67. The van der Waals surface area contributed by atoms with Crippen molar-refractivity contribution in [3.8, 4) is 0 Å². The summed E-state index contributed by atoms with van der Waals surface area (Å²) in [5.41, 5.74) is 1.05. The molecule has 2 heterocycles. The van der Waals surface area contributed by atoms with Crippen molar-refractivity contribution in [1.82, 2.24) is 4.98 Å². The van der Waals surface area contributed by atoms with Crippen LogP contribution in [0.5, 0.6) is 0 Å². The number of hydrogen-bond donors (Lipinski definition) is 1. The first-order chi connectivity index (χ1) is 7.74. The Morgan fingerprint density at radius 1 is 1.31 bits per heavy atom. The molecule has 1 atom stereocenters. The van der Waals surface area contributed by atoms with Crippen molar-refractivity contribution < 1.29 is 5.11 Å². The second-order valence-corrected chi connectivity index (χ2v) is 5.43. The number of pyridine rings is 1. The van der Waals surface area contributed by atoms with Gasteiger partial charge in [0.15, 0.2) is 0 Å². The lowest BCUT2D eigenvalue weighted by atomic mass is 10.1. The lowest BCUT2D eigenvalue weighted by Crippen LogP contribution is -2.13. The van der Waals surface area contributed by atoms with E-state index in [1.807, 2.05) is 24.3 Å². The monoisotopic (exact) mass is 253 g/mol. The molecule has 0 fully saturated rings. The normalized spacial score (nSPS) is 12.6. The summed E-state index contributed by atoms with van der Waals surface area (Å²) < 4.78 is 0.767. The average molecular weight is 254 g/mol. The van der Waals surface area contributed by atoms with Gasteiger partial charge < -0.3 is 5.11 Å². The van der Waals surface area contributed by atoms with E-state index in [1.54, 1.807) is 12.4 Å². The molecule has 0 aromatic carbocycles. The van der Waals surface area contributed by atoms with E-state index < -0.39 is 0 Å². The Balaban J connectivity index is 1.92. The van der Waals surface area contributed by atoms with Crippen molar-refractivity contribution in [3.63, 3.8) is 0 Å². The van der Waals surface area contributed by atoms with Crippen LogP contribution in [-0.2, 0) is 12.8 Å². The van der Waals surface area contributed by atoms with E-state index >= 15 is 0 Å². The predicted octanol–water partition coefficient (Wildman–Crippen LogP) is 2.94. The first-order valence-corrected chi connectivity index (χ1v) is 6.24. The summed E-state index contributed by atoms with van der Waals surface area (Å²) >= 11 is 7.35. The van der Waals surface area contributed by atoms with Gasteiger partial charge in [-0.05, 0) is 23.8 Å². The summed E-state index contributed by atoms with van der Waals surface area (Å²) in [4.78, 5) is 5.13. The van der Waals surface area contributed by atoms with Crippen LogP contribution in [0.25, 0.3) is 0 Å². The van der Waals surface area contributed by atoms with E-state index in [9.17, 15) is 5.11 Å². The minimum absolute atomic E-state index is 0.376. The minimum atomic E-state index is -0.376. The summed E-state index contributed by atoms with van der Waals surface area (Å²) in [7, 11) is 0. The first-order valence-electron chi connectivity index (χ1n) is 5.05. The number of hydrogen-bond acceptors (Lipinski definition) is 3. The van der Waals surface area contributed by atoms with E-state index in [4.69, 9.17) is 11.6 Å². The van der Waals surface area contributed by atoms with Crippen LogP contribution in [0.1, 0.15) is 10.4 Å². The Morgan fingerprint density at radius 3 is 2.81 bits per heavy atom. The highest BCUT2D eigenvalue weighted by molar-refractivity contribution is 7.16. The van der Waals surface area contributed by atoms with Crippen LogP contribution in [0, 0.1) is 0 Å². The molecule has 0 aliphatic rings. The number of aromatic nitrogens is 1. The van der Waals surface area contributed by atoms with Crippen molar-refractivity contribution >= 4 is 22.9 Å². The lowest BCUT2D eigenvalue weighted by Gasteiger charge is -2.08. The number of thiophene rings is 1. The van der Waals surface area contributed by atoms with Crippen LogP contribution in [-0.4, -0.2) is 16.2 Å². The zero-order valence-corrected chi connectivity index (χ0v) is 10.2. The molecule has 0 saturated heterocycles. The van der Waals surface area contributed by atoms with E-state index in [0.717, 1.165) is 14.8 Å². The van der Waals surface area contributed by atoms with Crippen molar-refractivity contribution in [3.05, 3.63) is 51.4 Å². The topological polar surface area (TPSA) is 33.1 Å². The highest BCUT2D eigenvalue weighted by Gasteiger charge is 2.08. The molecule has 84 valence electrons. The number of aliphatic hydroxyl groups is 1. The average Bonchev–Trinajstić information content (AvgIpc) is 2.65. The maximum Gasteiger partial charge on any atom is 0.0931 e. The maximum atomic E-state index is 9.90. The highest BCUT2D eigenvalue weighted by Crippen LogP contribution is 2.23. The van der Waals surface area contributed by atoms with E-state index in [0.29, 0.717) is 12.8 Å². The summed E-state index contributed by atoms with van der Waals surface area (Å²) in [5.74, 6) is 0. The largest absolute Gasteiger partial charge is 0.392 e. The molecule has 0 spiro atoms. The third-order valence-corrected chi connectivity index (χ3v) is 3.51. The maximum absolute atomic E-state index is 9.90. The minimum Gasteiger partial charge on any atom is -0.392 e. The zero-order valence-electron chi connectivity index (χ0n) is 8.64. The van der Waals surface area contributed by atoms with Gasteiger partial charge in [0.2, 0.25) is 0 Å². The SMILES string of the molecule is OC(Cc1cccnc1)Cc1ccc(Cl)s1. The van der Waals surface area contributed by atoms with Gasteiger partial charge >= 0.3 is 0 Å². The van der Waals surface area contributed by atoms with Crippen molar-refractivity contribution in [2.45, 2.75) is 18.9 Å². The molecule has 2 aromatic rings. The molecule has 0 radical (unpaired) electrons. The van der Waals surface area contributed by atoms with E-state index in [1.165, 1.54) is 11.3 Å². The highest BCUT2D eigenvalue weighted by atomic mass is 35.5. The Kier molecular flexibility index (Phi) is 3.93. The fourth-order valence-electron chi connectivity index (χ4n) is 1.56. The van der Waals surface area contributed by atoms with Gasteiger partial charge in [0, 0.05) is 30.1 Å². The van der Waals surface area contributed by atoms with Gasteiger partial charge in [0.25, 0.3) is 0 Å².